The Balaban J connectivity index is 1.17. The monoisotopic (exact) mass is 390 g/mol. The number of aliphatic hydroxyl groups excluding tert-OH is 2. The number of aliphatic hydroxyl groups is 2. The molecule has 9 unspecified atom stereocenters. The molecule has 3 saturated carbocycles. The molecule has 0 aromatic rings. The van der Waals surface area contributed by atoms with Crippen molar-refractivity contribution in [2.24, 2.45) is 29.6 Å². The summed E-state index contributed by atoms with van der Waals surface area (Å²) in [6.07, 6.45) is 8.55. The lowest BCUT2D eigenvalue weighted by Crippen LogP contribution is -2.51. The van der Waals surface area contributed by atoms with Gasteiger partial charge in [0.05, 0.1) is 11.7 Å². The molecule has 3 heterocycles. The molecule has 28 heavy (non-hydrogen) atoms. The van der Waals surface area contributed by atoms with E-state index in [0.717, 1.165) is 32.7 Å². The van der Waals surface area contributed by atoms with Gasteiger partial charge in [0.2, 0.25) is 0 Å². The highest BCUT2D eigenvalue weighted by atomic mass is 16.3. The maximum atomic E-state index is 11.1. The minimum atomic E-state index is -0.421. The van der Waals surface area contributed by atoms with Gasteiger partial charge in [0, 0.05) is 44.6 Å². The van der Waals surface area contributed by atoms with Gasteiger partial charge in [-0.1, -0.05) is 12.8 Å². The predicted octanol–water partition coefficient (Wildman–Crippen LogP) is 0.707. The maximum absolute atomic E-state index is 11.1. The van der Waals surface area contributed by atoms with Crippen molar-refractivity contribution >= 4 is 0 Å². The molecule has 3 aliphatic carbocycles. The molecule has 0 aromatic heterocycles. The summed E-state index contributed by atoms with van der Waals surface area (Å²) in [6.45, 7) is 5.51. The highest BCUT2D eigenvalue weighted by Crippen LogP contribution is 2.59. The first-order valence-corrected chi connectivity index (χ1v) is 11.9. The number of fused-ring (bicyclic) bond motifs is 5. The zero-order chi connectivity index (χ0) is 19.0. The fraction of sp³-hybridized carbons (Fsp3) is 1.00. The smallest absolute Gasteiger partial charge is 0.112 e. The summed E-state index contributed by atoms with van der Waals surface area (Å²) in [5.41, 5.74) is 0.226. The van der Waals surface area contributed by atoms with Gasteiger partial charge in [-0.15, -0.1) is 0 Å². The van der Waals surface area contributed by atoms with Crippen LogP contribution in [-0.4, -0.2) is 88.8 Å². The van der Waals surface area contributed by atoms with Crippen LogP contribution in [0.4, 0.5) is 0 Å². The van der Waals surface area contributed by atoms with Crippen molar-refractivity contribution in [2.45, 2.75) is 69.1 Å². The zero-order valence-corrected chi connectivity index (χ0v) is 17.3. The minimum absolute atomic E-state index is 0.226. The van der Waals surface area contributed by atoms with E-state index in [1.807, 2.05) is 0 Å². The summed E-state index contributed by atoms with van der Waals surface area (Å²) in [5, 5.41) is 26.2. The van der Waals surface area contributed by atoms with Crippen molar-refractivity contribution in [3.8, 4) is 0 Å². The SMILES string of the molecule is CN1CCN(C2NC23CCCCC3CN2C(O)C3C4CCC(C4)C3C2O)CC1. The van der Waals surface area contributed by atoms with Crippen molar-refractivity contribution in [1.29, 1.82) is 0 Å². The summed E-state index contributed by atoms with van der Waals surface area (Å²) in [4.78, 5) is 7.19. The van der Waals surface area contributed by atoms with Crippen LogP contribution in [-0.2, 0) is 0 Å². The van der Waals surface area contributed by atoms with Gasteiger partial charge in [0.1, 0.15) is 12.5 Å². The lowest BCUT2D eigenvalue weighted by Gasteiger charge is -2.39. The summed E-state index contributed by atoms with van der Waals surface area (Å²) in [5.74, 6) is 2.51. The molecule has 158 valence electrons. The van der Waals surface area contributed by atoms with Crippen LogP contribution >= 0.6 is 0 Å². The number of likely N-dealkylation sites (tertiary alicyclic amines) is 1. The molecule has 3 N–H and O–H groups in total. The van der Waals surface area contributed by atoms with Crippen molar-refractivity contribution in [1.82, 2.24) is 20.0 Å². The molecule has 3 saturated heterocycles. The van der Waals surface area contributed by atoms with E-state index >= 15 is 0 Å². The van der Waals surface area contributed by atoms with Crippen LogP contribution < -0.4 is 5.32 Å². The van der Waals surface area contributed by atoms with Crippen molar-refractivity contribution < 1.29 is 10.2 Å². The first-order chi connectivity index (χ1) is 13.6. The maximum Gasteiger partial charge on any atom is 0.112 e. The zero-order valence-electron chi connectivity index (χ0n) is 17.3. The summed E-state index contributed by atoms with van der Waals surface area (Å²) in [7, 11) is 2.22. The Hall–Kier alpha value is -0.240. The second-order valence-corrected chi connectivity index (χ2v) is 10.9. The second kappa shape index (κ2) is 6.63. The number of nitrogens with zero attached hydrogens (tertiary/aromatic N) is 3. The Kier molecular flexibility index (Phi) is 4.38. The average Bonchev–Trinajstić information content (AvgIpc) is 3.00. The minimum Gasteiger partial charge on any atom is -0.378 e. The lowest BCUT2D eigenvalue weighted by atomic mass is 9.77. The largest absolute Gasteiger partial charge is 0.378 e. The van der Waals surface area contributed by atoms with Gasteiger partial charge in [-0.3, -0.25) is 15.1 Å². The molecule has 6 fully saturated rings. The molecular weight excluding hydrogens is 352 g/mol. The number of likely N-dealkylation sites (N-methyl/N-ethyl adjacent to an activating group) is 1. The third kappa shape index (κ3) is 2.61. The average molecular weight is 391 g/mol. The summed E-state index contributed by atoms with van der Waals surface area (Å²) >= 11 is 0. The third-order valence-electron chi connectivity index (χ3n) is 9.68. The second-order valence-electron chi connectivity index (χ2n) is 10.9. The number of piperazine rings is 1. The van der Waals surface area contributed by atoms with E-state index in [4.69, 9.17) is 0 Å². The van der Waals surface area contributed by atoms with E-state index in [1.165, 1.54) is 44.9 Å². The Morgan fingerprint density at radius 3 is 2.29 bits per heavy atom. The molecule has 0 radical (unpaired) electrons. The predicted molar refractivity (Wildman–Crippen MR) is 107 cm³/mol. The van der Waals surface area contributed by atoms with E-state index in [-0.39, 0.29) is 5.54 Å². The van der Waals surface area contributed by atoms with Crippen LogP contribution in [0.5, 0.6) is 0 Å². The molecule has 1 spiro atoms. The molecule has 0 amide bonds. The van der Waals surface area contributed by atoms with Gasteiger partial charge < -0.3 is 15.1 Å². The van der Waals surface area contributed by atoms with Crippen LogP contribution in [0.3, 0.4) is 0 Å². The van der Waals surface area contributed by atoms with Crippen molar-refractivity contribution in [3.63, 3.8) is 0 Å². The number of nitrogens with one attached hydrogen (secondary N) is 1. The molecule has 6 rings (SSSR count). The number of rotatable bonds is 3. The van der Waals surface area contributed by atoms with Crippen molar-refractivity contribution in [3.05, 3.63) is 0 Å². The van der Waals surface area contributed by atoms with Crippen LogP contribution in [0.1, 0.15) is 44.9 Å². The highest BCUT2D eigenvalue weighted by molar-refractivity contribution is 5.19. The van der Waals surface area contributed by atoms with E-state index in [0.29, 0.717) is 35.8 Å². The molecular formula is C22H38N4O2. The molecule has 6 aliphatic rings. The molecule has 9 atom stereocenters. The molecule has 6 nitrogen and oxygen atoms in total. The van der Waals surface area contributed by atoms with Crippen molar-refractivity contribution in [2.75, 3.05) is 39.8 Å². The number of hydrogen-bond donors (Lipinski definition) is 3. The van der Waals surface area contributed by atoms with Crippen LogP contribution in [0, 0.1) is 29.6 Å². The standard InChI is InChI=1S/C22H38N4O2/c1-24-8-10-25(11-9-24)21-22(23-21)7-3-2-4-16(22)13-26-19(27)17-14-5-6-15(12-14)18(17)20(26)28/h14-21,23,27-28H,2-13H2,1H3. The van der Waals surface area contributed by atoms with Gasteiger partial charge >= 0.3 is 0 Å². The quantitative estimate of drug-likeness (QED) is 0.617. The first kappa shape index (κ1) is 18.5. The van der Waals surface area contributed by atoms with Crippen LogP contribution in [0.15, 0.2) is 0 Å². The lowest BCUT2D eigenvalue weighted by molar-refractivity contribution is -0.0871. The Morgan fingerprint density at radius 1 is 0.929 bits per heavy atom. The van der Waals surface area contributed by atoms with E-state index in [9.17, 15) is 10.2 Å². The summed E-state index contributed by atoms with van der Waals surface area (Å²) < 4.78 is 0. The van der Waals surface area contributed by atoms with E-state index < -0.39 is 12.5 Å². The van der Waals surface area contributed by atoms with Crippen LogP contribution in [0.25, 0.3) is 0 Å². The highest BCUT2D eigenvalue weighted by Gasteiger charge is 2.64. The fourth-order valence-electron chi connectivity index (χ4n) is 8.12. The van der Waals surface area contributed by atoms with Gasteiger partial charge in [0.15, 0.2) is 0 Å². The Morgan fingerprint density at radius 2 is 1.61 bits per heavy atom. The third-order valence-corrected chi connectivity index (χ3v) is 9.68. The molecule has 6 heteroatoms. The van der Waals surface area contributed by atoms with Gasteiger partial charge in [-0.25, -0.2) is 0 Å². The molecule has 2 bridgehead atoms. The Labute approximate surface area is 169 Å². The first-order valence-electron chi connectivity index (χ1n) is 11.9. The Bertz CT molecular complexity index is 589. The number of hydrogen-bond acceptors (Lipinski definition) is 6. The van der Waals surface area contributed by atoms with E-state index in [2.05, 4.69) is 27.1 Å². The molecule has 3 aliphatic heterocycles. The normalized spacial score (nSPS) is 54.5. The fourth-order valence-corrected chi connectivity index (χ4v) is 8.12. The molecule has 0 aromatic carbocycles. The van der Waals surface area contributed by atoms with Gasteiger partial charge in [-0.05, 0) is 56.9 Å². The van der Waals surface area contributed by atoms with E-state index in [1.54, 1.807) is 0 Å². The summed E-state index contributed by atoms with van der Waals surface area (Å²) in [6, 6.07) is 0. The topological polar surface area (TPSA) is 72.1 Å². The van der Waals surface area contributed by atoms with Gasteiger partial charge in [0.25, 0.3) is 0 Å². The van der Waals surface area contributed by atoms with Gasteiger partial charge in [-0.2, -0.15) is 0 Å². The van der Waals surface area contributed by atoms with Crippen LogP contribution in [0.2, 0.25) is 0 Å².